The molecule has 0 aromatic heterocycles. The smallest absolute Gasteiger partial charge is 0.336 e. The molecule has 4 nitrogen and oxygen atoms in total. The first kappa shape index (κ1) is 14.3. The molecule has 1 aliphatic heterocycles. The van der Waals surface area contributed by atoms with Crippen molar-refractivity contribution in [3.8, 4) is 0 Å². The molecule has 0 spiro atoms. The van der Waals surface area contributed by atoms with Gasteiger partial charge in [-0.15, -0.1) is 0 Å². The van der Waals surface area contributed by atoms with E-state index in [-0.39, 0.29) is 17.0 Å². The van der Waals surface area contributed by atoms with E-state index in [4.69, 9.17) is 0 Å². The Morgan fingerprint density at radius 2 is 1.82 bits per heavy atom. The number of hydrogen-bond acceptors (Lipinski definition) is 2. The van der Waals surface area contributed by atoms with Gasteiger partial charge in [0.1, 0.15) is 0 Å². The molecule has 112 valence electrons. The van der Waals surface area contributed by atoms with Crippen molar-refractivity contribution in [1.82, 2.24) is 0 Å². The highest BCUT2D eigenvalue weighted by atomic mass is 16.4. The Labute approximate surface area is 129 Å². The van der Waals surface area contributed by atoms with Gasteiger partial charge in [-0.2, -0.15) is 0 Å². The van der Waals surface area contributed by atoms with Crippen LogP contribution in [-0.2, 0) is 6.42 Å². The van der Waals surface area contributed by atoms with Crippen LogP contribution >= 0.6 is 0 Å². The number of fused-ring (bicyclic) bond motifs is 1. The summed E-state index contributed by atoms with van der Waals surface area (Å²) in [4.78, 5) is 25.9. The van der Waals surface area contributed by atoms with Crippen LogP contribution in [0.5, 0.6) is 0 Å². The second-order valence-corrected chi connectivity index (χ2v) is 5.54. The minimum absolute atomic E-state index is 0.0479. The van der Waals surface area contributed by atoms with Crippen LogP contribution in [0.3, 0.4) is 0 Å². The average molecular weight is 295 g/mol. The lowest BCUT2D eigenvalue weighted by atomic mass is 9.98. The van der Waals surface area contributed by atoms with Gasteiger partial charge < -0.3 is 10.0 Å². The van der Waals surface area contributed by atoms with Crippen LogP contribution in [0.15, 0.2) is 42.5 Å². The number of aryl methyl sites for hydroxylation is 2. The van der Waals surface area contributed by atoms with Crippen LogP contribution in [0.2, 0.25) is 0 Å². The molecule has 1 aliphatic rings. The number of nitrogens with zero attached hydrogens (tertiary/aromatic N) is 1. The Bertz CT molecular complexity index is 752. The highest BCUT2D eigenvalue weighted by Gasteiger charge is 2.26. The van der Waals surface area contributed by atoms with Gasteiger partial charge >= 0.3 is 5.97 Å². The van der Waals surface area contributed by atoms with Crippen molar-refractivity contribution in [3.63, 3.8) is 0 Å². The molecule has 2 aromatic rings. The summed E-state index contributed by atoms with van der Waals surface area (Å²) in [6.07, 6.45) is 1.83. The lowest BCUT2D eigenvalue weighted by molar-refractivity contribution is 0.0692. The van der Waals surface area contributed by atoms with E-state index in [1.807, 2.05) is 19.1 Å². The SMILES string of the molecule is Cc1ccc2c(c1)CCCN2C(=O)c1ccccc1C(=O)O. The van der Waals surface area contributed by atoms with Crippen LogP contribution < -0.4 is 4.90 Å². The van der Waals surface area contributed by atoms with E-state index in [0.29, 0.717) is 6.54 Å². The van der Waals surface area contributed by atoms with Gasteiger partial charge in [-0.1, -0.05) is 29.8 Å². The number of aromatic carboxylic acids is 1. The summed E-state index contributed by atoms with van der Waals surface area (Å²) >= 11 is 0. The molecule has 2 aromatic carbocycles. The van der Waals surface area contributed by atoms with Crippen LogP contribution in [0.1, 0.15) is 38.3 Å². The number of carboxylic acids is 1. The van der Waals surface area contributed by atoms with Crippen LogP contribution in [0.25, 0.3) is 0 Å². The molecule has 0 saturated heterocycles. The molecular weight excluding hydrogens is 278 g/mol. The van der Waals surface area contributed by atoms with Crippen LogP contribution in [0, 0.1) is 6.92 Å². The van der Waals surface area contributed by atoms with E-state index in [9.17, 15) is 14.7 Å². The summed E-state index contributed by atoms with van der Waals surface area (Å²) in [7, 11) is 0. The number of carbonyl (C=O) groups excluding carboxylic acids is 1. The maximum absolute atomic E-state index is 12.8. The third-order valence-corrected chi connectivity index (χ3v) is 3.99. The van der Waals surface area contributed by atoms with Gasteiger partial charge in [0.15, 0.2) is 0 Å². The van der Waals surface area contributed by atoms with Gasteiger partial charge in [0.05, 0.1) is 11.1 Å². The molecule has 3 rings (SSSR count). The van der Waals surface area contributed by atoms with E-state index < -0.39 is 5.97 Å². The summed E-state index contributed by atoms with van der Waals surface area (Å²) in [6, 6.07) is 12.4. The van der Waals surface area contributed by atoms with Gasteiger partial charge in [0.25, 0.3) is 5.91 Å². The fourth-order valence-corrected chi connectivity index (χ4v) is 2.94. The zero-order valence-corrected chi connectivity index (χ0v) is 12.4. The fourth-order valence-electron chi connectivity index (χ4n) is 2.94. The van der Waals surface area contributed by atoms with Crippen molar-refractivity contribution < 1.29 is 14.7 Å². The molecule has 0 bridgehead atoms. The van der Waals surface area contributed by atoms with Gasteiger partial charge in [-0.3, -0.25) is 4.79 Å². The first-order valence-corrected chi connectivity index (χ1v) is 7.31. The number of carboxylic acid groups (broad SMARTS) is 1. The molecule has 0 fully saturated rings. The first-order valence-electron chi connectivity index (χ1n) is 7.31. The van der Waals surface area contributed by atoms with Crippen molar-refractivity contribution >= 4 is 17.6 Å². The number of anilines is 1. The molecule has 1 N–H and O–H groups in total. The van der Waals surface area contributed by atoms with Crippen molar-refractivity contribution in [2.45, 2.75) is 19.8 Å². The third-order valence-electron chi connectivity index (χ3n) is 3.99. The fraction of sp³-hybridized carbons (Fsp3) is 0.222. The summed E-state index contributed by atoms with van der Waals surface area (Å²) in [6.45, 7) is 2.64. The van der Waals surface area contributed by atoms with E-state index in [1.54, 1.807) is 23.1 Å². The second-order valence-electron chi connectivity index (χ2n) is 5.54. The number of carbonyl (C=O) groups is 2. The molecule has 1 heterocycles. The van der Waals surface area contributed by atoms with Gasteiger partial charge in [0, 0.05) is 12.2 Å². The molecular formula is C18H17NO3. The predicted octanol–water partition coefficient (Wildman–Crippen LogP) is 3.29. The van der Waals surface area contributed by atoms with E-state index in [0.717, 1.165) is 24.1 Å². The number of hydrogen-bond donors (Lipinski definition) is 1. The maximum atomic E-state index is 12.8. The lowest BCUT2D eigenvalue weighted by Gasteiger charge is -2.30. The second kappa shape index (κ2) is 5.64. The van der Waals surface area contributed by atoms with Gasteiger partial charge in [-0.05, 0) is 43.5 Å². The van der Waals surface area contributed by atoms with Crippen molar-refractivity contribution in [2.24, 2.45) is 0 Å². The molecule has 0 radical (unpaired) electrons. The molecule has 4 heteroatoms. The standard InChI is InChI=1S/C18H17NO3/c1-12-8-9-16-13(11-12)5-4-10-19(16)17(20)14-6-2-3-7-15(14)18(21)22/h2-3,6-9,11H,4-5,10H2,1H3,(H,21,22). The average Bonchev–Trinajstić information content (AvgIpc) is 2.53. The summed E-state index contributed by atoms with van der Waals surface area (Å²) in [5, 5.41) is 9.27. The Morgan fingerprint density at radius 3 is 2.55 bits per heavy atom. The molecule has 22 heavy (non-hydrogen) atoms. The van der Waals surface area contributed by atoms with Gasteiger partial charge in [0.2, 0.25) is 0 Å². The number of rotatable bonds is 2. The maximum Gasteiger partial charge on any atom is 0.336 e. The van der Waals surface area contributed by atoms with E-state index >= 15 is 0 Å². The molecule has 0 aliphatic carbocycles. The van der Waals surface area contributed by atoms with Crippen LogP contribution in [-0.4, -0.2) is 23.5 Å². The van der Waals surface area contributed by atoms with Crippen molar-refractivity contribution in [2.75, 3.05) is 11.4 Å². The van der Waals surface area contributed by atoms with Crippen molar-refractivity contribution in [1.29, 1.82) is 0 Å². The molecule has 0 saturated carbocycles. The first-order chi connectivity index (χ1) is 10.6. The Balaban J connectivity index is 2.03. The Kier molecular flexibility index (Phi) is 3.67. The normalized spacial score (nSPS) is 13.6. The topological polar surface area (TPSA) is 57.6 Å². The predicted molar refractivity (Wildman–Crippen MR) is 84.6 cm³/mol. The summed E-state index contributed by atoms with van der Waals surface area (Å²) < 4.78 is 0. The minimum atomic E-state index is -1.08. The molecule has 1 amide bonds. The monoisotopic (exact) mass is 295 g/mol. The van der Waals surface area contributed by atoms with Crippen molar-refractivity contribution in [3.05, 3.63) is 64.7 Å². The zero-order valence-electron chi connectivity index (χ0n) is 12.4. The number of amides is 1. The Morgan fingerprint density at radius 1 is 1.09 bits per heavy atom. The van der Waals surface area contributed by atoms with E-state index in [2.05, 4.69) is 6.07 Å². The molecule has 0 unspecified atom stereocenters. The van der Waals surface area contributed by atoms with E-state index in [1.165, 1.54) is 11.6 Å². The Hall–Kier alpha value is -2.62. The minimum Gasteiger partial charge on any atom is -0.478 e. The largest absolute Gasteiger partial charge is 0.478 e. The highest BCUT2D eigenvalue weighted by molar-refractivity contribution is 6.12. The zero-order chi connectivity index (χ0) is 15.7. The molecule has 0 atom stereocenters. The quantitative estimate of drug-likeness (QED) is 0.925. The summed E-state index contributed by atoms with van der Waals surface area (Å²) in [5.74, 6) is -1.33. The summed E-state index contributed by atoms with van der Waals surface area (Å²) in [5.41, 5.74) is 3.49. The number of benzene rings is 2. The lowest BCUT2D eigenvalue weighted by Crippen LogP contribution is -2.36. The van der Waals surface area contributed by atoms with Gasteiger partial charge in [-0.25, -0.2) is 4.79 Å². The highest BCUT2D eigenvalue weighted by Crippen LogP contribution is 2.29. The van der Waals surface area contributed by atoms with Crippen LogP contribution in [0.4, 0.5) is 5.69 Å². The third kappa shape index (κ3) is 2.48.